The number of methoxy groups -OCH3 is 1. The molecule has 5 heteroatoms. The second kappa shape index (κ2) is 6.33. The number of anilines is 2. The Morgan fingerprint density at radius 2 is 2.21 bits per heavy atom. The summed E-state index contributed by atoms with van der Waals surface area (Å²) < 4.78 is 7.20. The maximum absolute atomic E-state index is 5.08. The topological polar surface area (TPSA) is 52.0 Å². The first-order chi connectivity index (χ1) is 9.20. The van der Waals surface area contributed by atoms with Crippen molar-refractivity contribution in [1.29, 1.82) is 0 Å². The van der Waals surface area contributed by atoms with Crippen LogP contribution in [0.15, 0.2) is 24.7 Å². The molecule has 5 nitrogen and oxygen atoms in total. The first kappa shape index (κ1) is 13.5. The molecule has 19 heavy (non-hydrogen) atoms. The first-order valence-electron chi connectivity index (χ1n) is 6.41. The number of pyridine rings is 1. The number of rotatable bonds is 6. The van der Waals surface area contributed by atoms with Gasteiger partial charge in [-0.15, -0.1) is 0 Å². The van der Waals surface area contributed by atoms with Crippen LogP contribution >= 0.6 is 0 Å². The van der Waals surface area contributed by atoms with Crippen molar-refractivity contribution in [3.8, 4) is 0 Å². The third-order valence-corrected chi connectivity index (χ3v) is 2.93. The highest BCUT2D eigenvalue weighted by Gasteiger charge is 2.07. The van der Waals surface area contributed by atoms with E-state index in [1.54, 1.807) is 13.3 Å². The van der Waals surface area contributed by atoms with Crippen molar-refractivity contribution in [1.82, 2.24) is 14.5 Å². The lowest BCUT2D eigenvalue weighted by Gasteiger charge is -2.10. The minimum atomic E-state index is 0.753. The highest BCUT2D eigenvalue weighted by Crippen LogP contribution is 2.19. The Kier molecular flexibility index (Phi) is 4.52. The summed E-state index contributed by atoms with van der Waals surface area (Å²) in [5.41, 5.74) is 3.14. The minimum absolute atomic E-state index is 0.753. The van der Waals surface area contributed by atoms with Crippen molar-refractivity contribution in [2.24, 2.45) is 0 Å². The normalized spacial score (nSPS) is 10.7. The number of aryl methyl sites for hydroxylation is 3. The van der Waals surface area contributed by atoms with Crippen molar-refractivity contribution >= 4 is 11.6 Å². The molecule has 1 N–H and O–H groups in total. The Morgan fingerprint density at radius 3 is 2.95 bits per heavy atom. The molecule has 102 valence electrons. The number of ether oxygens (including phenoxy) is 1. The molecule has 0 saturated heterocycles. The maximum Gasteiger partial charge on any atom is 0.207 e. The molecule has 0 atom stereocenters. The fraction of sp³-hybridized carbons (Fsp3) is 0.429. The largest absolute Gasteiger partial charge is 0.385 e. The van der Waals surface area contributed by atoms with Gasteiger partial charge in [0.25, 0.3) is 0 Å². The molecule has 0 bridgehead atoms. The van der Waals surface area contributed by atoms with E-state index in [-0.39, 0.29) is 0 Å². The second-order valence-electron chi connectivity index (χ2n) is 4.56. The molecule has 0 aliphatic heterocycles. The summed E-state index contributed by atoms with van der Waals surface area (Å²) in [4.78, 5) is 8.64. The van der Waals surface area contributed by atoms with Gasteiger partial charge in [0, 0.05) is 32.7 Å². The SMILES string of the molecule is COCCCn1cc(C)nc1Nc1cnccc1C. The Hall–Kier alpha value is -1.88. The minimum Gasteiger partial charge on any atom is -0.385 e. The van der Waals surface area contributed by atoms with Gasteiger partial charge in [0.2, 0.25) is 5.95 Å². The predicted octanol–water partition coefficient (Wildman–Crippen LogP) is 2.68. The number of imidazole rings is 1. The molecule has 2 rings (SSSR count). The van der Waals surface area contributed by atoms with E-state index in [0.717, 1.165) is 42.5 Å². The third kappa shape index (κ3) is 3.54. The molecule has 0 aromatic carbocycles. The monoisotopic (exact) mass is 260 g/mol. The van der Waals surface area contributed by atoms with Crippen molar-refractivity contribution < 1.29 is 4.74 Å². The van der Waals surface area contributed by atoms with Crippen molar-refractivity contribution in [2.45, 2.75) is 26.8 Å². The molecule has 0 fully saturated rings. The van der Waals surface area contributed by atoms with E-state index in [1.807, 2.05) is 25.4 Å². The van der Waals surface area contributed by atoms with Crippen LogP contribution in [0.4, 0.5) is 11.6 Å². The Bertz CT molecular complexity index is 536. The molecular formula is C14H20N4O. The van der Waals surface area contributed by atoms with E-state index in [1.165, 1.54) is 0 Å². The third-order valence-electron chi connectivity index (χ3n) is 2.93. The van der Waals surface area contributed by atoms with Gasteiger partial charge in [0.15, 0.2) is 0 Å². The standard InChI is InChI=1S/C14H20N4O/c1-11-5-6-15-9-13(11)17-14-16-12(2)10-18(14)7-4-8-19-3/h5-6,9-10H,4,7-8H2,1-3H3,(H,16,17). The van der Waals surface area contributed by atoms with E-state index in [4.69, 9.17) is 4.74 Å². The quantitative estimate of drug-likeness (QED) is 0.811. The maximum atomic E-state index is 5.08. The van der Waals surface area contributed by atoms with Gasteiger partial charge in [0.1, 0.15) is 0 Å². The van der Waals surface area contributed by atoms with Crippen LogP contribution in [0.25, 0.3) is 0 Å². The lowest BCUT2D eigenvalue weighted by molar-refractivity contribution is 0.190. The van der Waals surface area contributed by atoms with Gasteiger partial charge in [-0.25, -0.2) is 4.98 Å². The Morgan fingerprint density at radius 1 is 1.37 bits per heavy atom. The lowest BCUT2D eigenvalue weighted by Crippen LogP contribution is -2.06. The van der Waals surface area contributed by atoms with Crippen LogP contribution in [0.3, 0.4) is 0 Å². The zero-order valence-electron chi connectivity index (χ0n) is 11.7. The van der Waals surface area contributed by atoms with Gasteiger partial charge in [-0.2, -0.15) is 0 Å². The molecule has 0 radical (unpaired) electrons. The van der Waals surface area contributed by atoms with E-state index < -0.39 is 0 Å². The van der Waals surface area contributed by atoms with Gasteiger partial charge in [-0.05, 0) is 31.9 Å². The molecule has 0 unspecified atom stereocenters. The first-order valence-corrected chi connectivity index (χ1v) is 6.41. The molecular weight excluding hydrogens is 240 g/mol. The number of nitrogens with zero attached hydrogens (tertiary/aromatic N) is 3. The van der Waals surface area contributed by atoms with Crippen LogP contribution in [-0.4, -0.2) is 28.3 Å². The van der Waals surface area contributed by atoms with Crippen LogP contribution in [0.2, 0.25) is 0 Å². The molecule has 2 heterocycles. The summed E-state index contributed by atoms with van der Waals surface area (Å²) in [5, 5.41) is 3.34. The molecule has 0 aliphatic rings. The summed E-state index contributed by atoms with van der Waals surface area (Å²) in [7, 11) is 1.72. The lowest BCUT2D eigenvalue weighted by atomic mass is 10.2. The summed E-state index contributed by atoms with van der Waals surface area (Å²) in [5.74, 6) is 0.852. The van der Waals surface area contributed by atoms with Gasteiger partial charge < -0.3 is 14.6 Å². The van der Waals surface area contributed by atoms with E-state index in [0.29, 0.717) is 0 Å². The molecule has 0 amide bonds. The van der Waals surface area contributed by atoms with Crippen molar-refractivity contribution in [2.75, 3.05) is 19.0 Å². The van der Waals surface area contributed by atoms with Gasteiger partial charge in [-0.1, -0.05) is 0 Å². The zero-order valence-corrected chi connectivity index (χ0v) is 11.7. The highest BCUT2D eigenvalue weighted by molar-refractivity contribution is 5.57. The van der Waals surface area contributed by atoms with E-state index in [9.17, 15) is 0 Å². The molecule has 0 saturated carbocycles. The summed E-state index contributed by atoms with van der Waals surface area (Å²) in [6.45, 7) is 5.68. The summed E-state index contributed by atoms with van der Waals surface area (Å²) in [6, 6.07) is 1.98. The highest BCUT2D eigenvalue weighted by atomic mass is 16.5. The smallest absolute Gasteiger partial charge is 0.207 e. The average molecular weight is 260 g/mol. The molecule has 2 aromatic heterocycles. The summed E-state index contributed by atoms with van der Waals surface area (Å²) >= 11 is 0. The van der Waals surface area contributed by atoms with Crippen LogP contribution < -0.4 is 5.32 Å². The fourth-order valence-corrected chi connectivity index (χ4v) is 1.91. The average Bonchev–Trinajstić information content (AvgIpc) is 2.73. The molecule has 0 aliphatic carbocycles. The van der Waals surface area contributed by atoms with Crippen LogP contribution in [-0.2, 0) is 11.3 Å². The van der Waals surface area contributed by atoms with E-state index in [2.05, 4.69) is 26.8 Å². The number of nitrogens with one attached hydrogen (secondary N) is 1. The van der Waals surface area contributed by atoms with Crippen molar-refractivity contribution in [3.05, 3.63) is 35.9 Å². The number of hydrogen-bond acceptors (Lipinski definition) is 4. The molecule has 0 spiro atoms. The number of aromatic nitrogens is 3. The zero-order chi connectivity index (χ0) is 13.7. The van der Waals surface area contributed by atoms with Crippen LogP contribution in [0.1, 0.15) is 17.7 Å². The molecule has 2 aromatic rings. The van der Waals surface area contributed by atoms with Crippen LogP contribution in [0.5, 0.6) is 0 Å². The number of hydrogen-bond donors (Lipinski definition) is 1. The van der Waals surface area contributed by atoms with Gasteiger partial charge in [0.05, 0.1) is 17.6 Å². The van der Waals surface area contributed by atoms with E-state index >= 15 is 0 Å². The van der Waals surface area contributed by atoms with Gasteiger partial charge in [-0.3, -0.25) is 4.98 Å². The summed E-state index contributed by atoms with van der Waals surface area (Å²) in [6.07, 6.45) is 6.62. The second-order valence-corrected chi connectivity index (χ2v) is 4.56. The fourth-order valence-electron chi connectivity index (χ4n) is 1.91. The predicted molar refractivity (Wildman–Crippen MR) is 75.7 cm³/mol. The Balaban J connectivity index is 2.13. The van der Waals surface area contributed by atoms with Crippen molar-refractivity contribution in [3.63, 3.8) is 0 Å². The van der Waals surface area contributed by atoms with Crippen LogP contribution in [0, 0.1) is 13.8 Å². The van der Waals surface area contributed by atoms with Gasteiger partial charge >= 0.3 is 0 Å². The Labute approximate surface area is 113 Å².